The Bertz CT molecular complexity index is 605. The minimum absolute atomic E-state index is 0.260. The molecule has 26 heavy (non-hydrogen) atoms. The van der Waals surface area contributed by atoms with E-state index in [1.165, 1.54) is 18.2 Å². The number of ether oxygens (including phenoxy) is 1. The Hall–Kier alpha value is -1.62. The van der Waals surface area contributed by atoms with E-state index in [1.54, 1.807) is 30.4 Å². The van der Waals surface area contributed by atoms with Crippen molar-refractivity contribution >= 4 is 0 Å². The van der Waals surface area contributed by atoms with Crippen molar-refractivity contribution in [3.8, 4) is 0 Å². The van der Waals surface area contributed by atoms with E-state index in [0.717, 1.165) is 32.1 Å². The summed E-state index contributed by atoms with van der Waals surface area (Å²) in [7, 11) is 0. The molecule has 0 aliphatic heterocycles. The van der Waals surface area contributed by atoms with Gasteiger partial charge in [0.1, 0.15) is 11.4 Å². The molecule has 0 aromatic heterocycles. The number of hydrogen-bond donors (Lipinski definition) is 0. The Morgan fingerprint density at radius 3 is 2.19 bits per heavy atom. The lowest BCUT2D eigenvalue weighted by Gasteiger charge is -2.32. The molecular formula is C21H26F4O. The standard InChI is InChI=1S/C21H26F4O/c1-2-3-4-5-6-9-14-20(26-21(23,24)25)15-12-17(13-16-20)18-10-7-8-11-19(18)22/h7-8,10-13,15-17H,2-6,9,14H2,1H3. The Labute approximate surface area is 152 Å². The molecule has 0 N–H and O–H groups in total. The summed E-state index contributed by atoms with van der Waals surface area (Å²) in [4.78, 5) is 0. The summed E-state index contributed by atoms with van der Waals surface area (Å²) in [6, 6.07) is 6.29. The Morgan fingerprint density at radius 1 is 0.962 bits per heavy atom. The average molecular weight is 370 g/mol. The number of alkyl halides is 3. The molecule has 1 nitrogen and oxygen atoms in total. The van der Waals surface area contributed by atoms with E-state index in [-0.39, 0.29) is 18.2 Å². The molecule has 0 bridgehead atoms. The average Bonchev–Trinajstić information content (AvgIpc) is 2.58. The van der Waals surface area contributed by atoms with E-state index in [4.69, 9.17) is 0 Å². The summed E-state index contributed by atoms with van der Waals surface area (Å²) in [6.45, 7) is 2.12. The smallest absolute Gasteiger partial charge is 0.277 e. The van der Waals surface area contributed by atoms with Crippen LogP contribution in [0.5, 0.6) is 0 Å². The summed E-state index contributed by atoms with van der Waals surface area (Å²) in [6.07, 6.45) is 7.53. The van der Waals surface area contributed by atoms with Crippen LogP contribution in [0.25, 0.3) is 0 Å². The van der Waals surface area contributed by atoms with Crippen molar-refractivity contribution in [1.82, 2.24) is 0 Å². The van der Waals surface area contributed by atoms with Crippen molar-refractivity contribution in [3.63, 3.8) is 0 Å². The van der Waals surface area contributed by atoms with Gasteiger partial charge < -0.3 is 0 Å². The second-order valence-corrected chi connectivity index (χ2v) is 6.79. The normalized spacial score (nSPS) is 22.7. The van der Waals surface area contributed by atoms with E-state index in [2.05, 4.69) is 11.7 Å². The Kier molecular flexibility index (Phi) is 7.44. The molecule has 0 fully saturated rings. The van der Waals surface area contributed by atoms with Crippen LogP contribution in [-0.2, 0) is 4.74 Å². The Morgan fingerprint density at radius 2 is 1.58 bits per heavy atom. The van der Waals surface area contributed by atoms with Crippen molar-refractivity contribution < 1.29 is 22.3 Å². The topological polar surface area (TPSA) is 9.23 Å². The summed E-state index contributed by atoms with van der Waals surface area (Å²) < 4.78 is 57.0. The fourth-order valence-electron chi connectivity index (χ4n) is 3.29. The zero-order valence-electron chi connectivity index (χ0n) is 15.1. The molecule has 0 radical (unpaired) electrons. The summed E-state index contributed by atoms with van der Waals surface area (Å²) in [5.74, 6) is -0.752. The van der Waals surface area contributed by atoms with Crippen LogP contribution in [0.4, 0.5) is 17.6 Å². The molecule has 5 heteroatoms. The molecule has 144 valence electrons. The van der Waals surface area contributed by atoms with Crippen LogP contribution in [0, 0.1) is 5.82 Å². The summed E-state index contributed by atoms with van der Waals surface area (Å²) in [5, 5.41) is 0. The monoisotopic (exact) mass is 370 g/mol. The van der Waals surface area contributed by atoms with Gasteiger partial charge in [-0.25, -0.2) is 4.39 Å². The van der Waals surface area contributed by atoms with E-state index in [0.29, 0.717) is 12.0 Å². The van der Waals surface area contributed by atoms with Gasteiger partial charge in [0.15, 0.2) is 0 Å². The SMILES string of the molecule is CCCCCCCCC1(OC(F)(F)F)C=CC(c2ccccc2F)C=C1. The first-order valence-corrected chi connectivity index (χ1v) is 9.25. The molecule has 0 saturated heterocycles. The maximum Gasteiger partial charge on any atom is 0.523 e. The van der Waals surface area contributed by atoms with Gasteiger partial charge in [-0.3, -0.25) is 4.74 Å². The molecule has 1 aromatic rings. The highest BCUT2D eigenvalue weighted by molar-refractivity contribution is 5.36. The van der Waals surface area contributed by atoms with Crippen molar-refractivity contribution in [2.45, 2.75) is 69.8 Å². The highest BCUT2D eigenvalue weighted by Gasteiger charge is 2.41. The molecule has 2 rings (SSSR count). The predicted molar refractivity (Wildman–Crippen MR) is 95.3 cm³/mol. The molecule has 1 aromatic carbocycles. The maximum atomic E-state index is 13.9. The molecule has 1 aliphatic carbocycles. The van der Waals surface area contributed by atoms with Gasteiger partial charge in [0, 0.05) is 5.92 Å². The van der Waals surface area contributed by atoms with Crippen LogP contribution in [0.2, 0.25) is 0 Å². The highest BCUT2D eigenvalue weighted by atomic mass is 19.4. The van der Waals surface area contributed by atoms with E-state index in [1.807, 2.05) is 0 Å². The minimum atomic E-state index is -4.72. The third kappa shape index (κ3) is 6.27. The van der Waals surface area contributed by atoms with E-state index in [9.17, 15) is 17.6 Å². The van der Waals surface area contributed by atoms with Gasteiger partial charge in [0.25, 0.3) is 0 Å². The van der Waals surface area contributed by atoms with Gasteiger partial charge in [0.05, 0.1) is 0 Å². The van der Waals surface area contributed by atoms with Crippen LogP contribution in [-0.4, -0.2) is 12.0 Å². The quantitative estimate of drug-likeness (QED) is 0.257. The lowest BCUT2D eigenvalue weighted by Crippen LogP contribution is -2.36. The van der Waals surface area contributed by atoms with E-state index < -0.39 is 12.0 Å². The molecule has 0 saturated carbocycles. The number of rotatable bonds is 9. The fraction of sp³-hybridized carbons (Fsp3) is 0.524. The van der Waals surface area contributed by atoms with Crippen molar-refractivity contribution in [3.05, 3.63) is 60.0 Å². The van der Waals surface area contributed by atoms with Crippen molar-refractivity contribution in [2.24, 2.45) is 0 Å². The number of benzene rings is 1. The highest BCUT2D eigenvalue weighted by Crippen LogP contribution is 2.37. The van der Waals surface area contributed by atoms with Crippen molar-refractivity contribution in [1.29, 1.82) is 0 Å². The van der Waals surface area contributed by atoms with Gasteiger partial charge in [-0.2, -0.15) is 0 Å². The minimum Gasteiger partial charge on any atom is -0.277 e. The lowest BCUT2D eigenvalue weighted by molar-refractivity contribution is -0.351. The van der Waals surface area contributed by atoms with Crippen LogP contribution >= 0.6 is 0 Å². The van der Waals surface area contributed by atoms with Crippen LogP contribution < -0.4 is 0 Å². The molecule has 1 aliphatic rings. The second kappa shape index (κ2) is 9.36. The van der Waals surface area contributed by atoms with Gasteiger partial charge in [-0.1, -0.05) is 81.5 Å². The first-order valence-electron chi connectivity index (χ1n) is 9.25. The third-order valence-corrected chi connectivity index (χ3v) is 4.66. The third-order valence-electron chi connectivity index (χ3n) is 4.66. The zero-order valence-corrected chi connectivity index (χ0v) is 15.1. The second-order valence-electron chi connectivity index (χ2n) is 6.79. The predicted octanol–water partition coefficient (Wildman–Crippen LogP) is 7.06. The largest absolute Gasteiger partial charge is 0.523 e. The molecule has 0 amide bonds. The van der Waals surface area contributed by atoms with Crippen LogP contribution in [0.15, 0.2) is 48.6 Å². The fourth-order valence-corrected chi connectivity index (χ4v) is 3.29. The summed E-state index contributed by atoms with van der Waals surface area (Å²) in [5.41, 5.74) is -1.05. The van der Waals surface area contributed by atoms with Crippen molar-refractivity contribution in [2.75, 3.05) is 0 Å². The number of halogens is 4. The lowest BCUT2D eigenvalue weighted by atomic mass is 9.85. The number of hydrogen-bond acceptors (Lipinski definition) is 1. The number of unbranched alkanes of at least 4 members (excludes halogenated alkanes) is 5. The summed E-state index contributed by atoms with van der Waals surface area (Å²) >= 11 is 0. The van der Waals surface area contributed by atoms with Crippen LogP contribution in [0.3, 0.4) is 0 Å². The molecule has 0 unspecified atom stereocenters. The van der Waals surface area contributed by atoms with Gasteiger partial charge in [-0.15, -0.1) is 13.2 Å². The first kappa shape index (κ1) is 20.7. The number of allylic oxidation sites excluding steroid dienone is 2. The molecule has 0 spiro atoms. The Balaban J connectivity index is 2.03. The molecular weight excluding hydrogens is 344 g/mol. The molecule has 0 heterocycles. The first-order chi connectivity index (χ1) is 12.4. The van der Waals surface area contributed by atoms with Gasteiger partial charge in [-0.05, 0) is 24.5 Å². The van der Waals surface area contributed by atoms with Gasteiger partial charge >= 0.3 is 6.36 Å². The van der Waals surface area contributed by atoms with Crippen LogP contribution in [0.1, 0.15) is 63.4 Å². The molecule has 0 atom stereocenters. The van der Waals surface area contributed by atoms with E-state index >= 15 is 0 Å². The maximum absolute atomic E-state index is 13.9. The zero-order chi connectivity index (χ0) is 19.0. The van der Waals surface area contributed by atoms with Gasteiger partial charge in [0.2, 0.25) is 0 Å².